The third-order valence-corrected chi connectivity index (χ3v) is 2.24. The zero-order chi connectivity index (χ0) is 12.1. The minimum absolute atomic E-state index is 0.328. The van der Waals surface area contributed by atoms with Crippen LogP contribution in [0, 0.1) is 0 Å². The van der Waals surface area contributed by atoms with E-state index < -0.39 is 0 Å². The Hall–Kier alpha value is -1.69. The smallest absolute Gasteiger partial charge is 0.283 e. The number of hydrogen-bond donors (Lipinski definition) is 0. The number of ether oxygens (including phenoxy) is 2. The average Bonchev–Trinajstić information content (AvgIpc) is 2.32. The van der Waals surface area contributed by atoms with E-state index in [-0.39, 0.29) is 0 Å². The van der Waals surface area contributed by atoms with E-state index in [1.54, 1.807) is 30.9 Å². The maximum Gasteiger partial charge on any atom is 0.283 e. The fraction of sp³-hybridized carbons (Fsp3) is 0.182. The van der Waals surface area contributed by atoms with Crippen molar-refractivity contribution in [2.75, 3.05) is 6.61 Å². The zero-order valence-corrected chi connectivity index (χ0v) is 10.7. The summed E-state index contributed by atoms with van der Waals surface area (Å²) in [6, 6.07) is 1.79. The fourth-order valence-corrected chi connectivity index (χ4v) is 1.52. The molecule has 0 bridgehead atoms. The van der Waals surface area contributed by atoms with E-state index in [1.165, 1.54) is 0 Å². The number of aromatic nitrogens is 3. The van der Waals surface area contributed by atoms with Gasteiger partial charge in [0.1, 0.15) is 5.75 Å². The van der Waals surface area contributed by atoms with Crippen LogP contribution in [0.4, 0.5) is 0 Å². The van der Waals surface area contributed by atoms with Crippen molar-refractivity contribution < 1.29 is 9.47 Å². The molecule has 0 amide bonds. The highest BCUT2D eigenvalue weighted by Gasteiger charge is 2.08. The minimum atomic E-state index is 0.328. The summed E-state index contributed by atoms with van der Waals surface area (Å²) in [7, 11) is 0. The Morgan fingerprint density at radius 3 is 2.65 bits per heavy atom. The van der Waals surface area contributed by atoms with Crippen LogP contribution in [0.5, 0.6) is 17.5 Å². The predicted molar refractivity (Wildman–Crippen MR) is 65.2 cm³/mol. The van der Waals surface area contributed by atoms with Gasteiger partial charge in [-0.05, 0) is 28.9 Å². The van der Waals surface area contributed by atoms with E-state index >= 15 is 0 Å². The Morgan fingerprint density at radius 2 is 1.94 bits per heavy atom. The molecule has 2 aromatic heterocycles. The van der Waals surface area contributed by atoms with E-state index in [0.29, 0.717) is 24.1 Å². The first kappa shape index (κ1) is 11.8. The second kappa shape index (κ2) is 5.58. The summed E-state index contributed by atoms with van der Waals surface area (Å²) in [6.45, 7) is 2.38. The first-order valence-electron chi connectivity index (χ1n) is 5.02. The second-order valence-corrected chi connectivity index (χ2v) is 3.96. The van der Waals surface area contributed by atoms with Crippen LogP contribution in [0.15, 0.2) is 35.3 Å². The van der Waals surface area contributed by atoms with Gasteiger partial charge in [0.2, 0.25) is 0 Å². The SMILES string of the molecule is CCOc1nccnc1Oc1cncc(Br)c1. The zero-order valence-electron chi connectivity index (χ0n) is 9.13. The van der Waals surface area contributed by atoms with Gasteiger partial charge in [0.05, 0.1) is 12.8 Å². The molecule has 2 aromatic rings. The molecule has 0 radical (unpaired) electrons. The van der Waals surface area contributed by atoms with E-state index in [9.17, 15) is 0 Å². The van der Waals surface area contributed by atoms with Crippen LogP contribution < -0.4 is 9.47 Å². The maximum absolute atomic E-state index is 5.55. The number of halogens is 1. The second-order valence-electron chi connectivity index (χ2n) is 3.04. The van der Waals surface area contributed by atoms with Gasteiger partial charge >= 0.3 is 0 Å². The first-order valence-corrected chi connectivity index (χ1v) is 5.81. The summed E-state index contributed by atoms with van der Waals surface area (Å²) in [5, 5.41) is 0. The summed E-state index contributed by atoms with van der Waals surface area (Å²) in [6.07, 6.45) is 6.36. The quantitative estimate of drug-likeness (QED) is 0.868. The van der Waals surface area contributed by atoms with Crippen molar-refractivity contribution in [3.63, 3.8) is 0 Å². The normalized spacial score (nSPS) is 10.0. The Kier molecular flexibility index (Phi) is 3.87. The molecular formula is C11H10BrN3O2. The van der Waals surface area contributed by atoms with Gasteiger partial charge in [0.25, 0.3) is 11.8 Å². The first-order chi connectivity index (χ1) is 8.29. The molecule has 0 fully saturated rings. The summed E-state index contributed by atoms with van der Waals surface area (Å²) >= 11 is 3.31. The van der Waals surface area contributed by atoms with Gasteiger partial charge in [0, 0.05) is 23.1 Å². The molecule has 0 aliphatic heterocycles. The molecule has 0 aliphatic rings. The van der Waals surface area contributed by atoms with Gasteiger partial charge in [-0.25, -0.2) is 9.97 Å². The van der Waals surface area contributed by atoms with Crippen LogP contribution in [0.3, 0.4) is 0 Å². The molecule has 0 spiro atoms. The lowest BCUT2D eigenvalue weighted by Gasteiger charge is -2.08. The number of hydrogen-bond acceptors (Lipinski definition) is 5. The molecule has 2 heterocycles. The molecule has 17 heavy (non-hydrogen) atoms. The highest BCUT2D eigenvalue weighted by Crippen LogP contribution is 2.27. The summed E-state index contributed by atoms with van der Waals surface area (Å²) in [4.78, 5) is 12.1. The van der Waals surface area contributed by atoms with Crippen molar-refractivity contribution in [1.82, 2.24) is 15.0 Å². The lowest BCUT2D eigenvalue weighted by molar-refractivity contribution is 0.302. The van der Waals surface area contributed by atoms with Crippen LogP contribution >= 0.6 is 15.9 Å². The summed E-state index contributed by atoms with van der Waals surface area (Å²) < 4.78 is 11.7. The van der Waals surface area contributed by atoms with Gasteiger partial charge in [0.15, 0.2) is 0 Å². The van der Waals surface area contributed by atoms with Gasteiger partial charge in [-0.15, -0.1) is 0 Å². The molecule has 0 saturated carbocycles. The van der Waals surface area contributed by atoms with Crippen molar-refractivity contribution in [3.05, 3.63) is 35.3 Å². The molecule has 2 rings (SSSR count). The standard InChI is InChI=1S/C11H10BrN3O2/c1-2-16-10-11(15-4-3-14-10)17-9-5-8(12)6-13-7-9/h3-7H,2H2,1H3. The Balaban J connectivity index is 2.23. The van der Waals surface area contributed by atoms with Gasteiger partial charge in [-0.2, -0.15) is 0 Å². The molecule has 0 atom stereocenters. The van der Waals surface area contributed by atoms with E-state index in [2.05, 4.69) is 30.9 Å². The molecule has 0 saturated heterocycles. The van der Waals surface area contributed by atoms with E-state index in [1.807, 2.05) is 6.92 Å². The van der Waals surface area contributed by atoms with E-state index in [0.717, 1.165) is 4.47 Å². The van der Waals surface area contributed by atoms with Crippen molar-refractivity contribution in [3.8, 4) is 17.5 Å². The van der Waals surface area contributed by atoms with Crippen molar-refractivity contribution >= 4 is 15.9 Å². The third kappa shape index (κ3) is 3.13. The van der Waals surface area contributed by atoms with Crippen LogP contribution in [0.1, 0.15) is 6.92 Å². The highest BCUT2D eigenvalue weighted by atomic mass is 79.9. The maximum atomic E-state index is 5.55. The van der Waals surface area contributed by atoms with Gasteiger partial charge in [-0.1, -0.05) is 0 Å². The number of nitrogens with zero attached hydrogens (tertiary/aromatic N) is 3. The molecule has 0 N–H and O–H groups in total. The lowest BCUT2D eigenvalue weighted by Crippen LogP contribution is -1.99. The Labute approximate surface area is 107 Å². The predicted octanol–water partition coefficient (Wildman–Crippen LogP) is 2.83. The average molecular weight is 296 g/mol. The molecule has 6 heteroatoms. The van der Waals surface area contributed by atoms with E-state index in [4.69, 9.17) is 9.47 Å². The topological polar surface area (TPSA) is 57.1 Å². The fourth-order valence-electron chi connectivity index (χ4n) is 1.18. The Morgan fingerprint density at radius 1 is 1.18 bits per heavy atom. The van der Waals surface area contributed by atoms with Crippen LogP contribution in [0.25, 0.3) is 0 Å². The molecule has 0 aliphatic carbocycles. The van der Waals surface area contributed by atoms with Crippen LogP contribution in [0.2, 0.25) is 0 Å². The molecule has 0 unspecified atom stereocenters. The molecule has 0 aromatic carbocycles. The number of pyridine rings is 1. The van der Waals surface area contributed by atoms with Crippen LogP contribution in [-0.2, 0) is 0 Å². The molecule has 5 nitrogen and oxygen atoms in total. The minimum Gasteiger partial charge on any atom is -0.474 e. The van der Waals surface area contributed by atoms with Gasteiger partial charge < -0.3 is 9.47 Å². The Bertz CT molecular complexity index is 508. The van der Waals surface area contributed by atoms with Crippen molar-refractivity contribution in [2.24, 2.45) is 0 Å². The van der Waals surface area contributed by atoms with Crippen molar-refractivity contribution in [2.45, 2.75) is 6.92 Å². The monoisotopic (exact) mass is 295 g/mol. The summed E-state index contributed by atoms with van der Waals surface area (Å²) in [5.74, 6) is 1.27. The van der Waals surface area contributed by atoms with Crippen LogP contribution in [-0.4, -0.2) is 21.6 Å². The molecular weight excluding hydrogens is 286 g/mol. The lowest BCUT2D eigenvalue weighted by atomic mass is 10.5. The van der Waals surface area contributed by atoms with Gasteiger partial charge in [-0.3, -0.25) is 4.98 Å². The molecule has 88 valence electrons. The summed E-state index contributed by atoms with van der Waals surface area (Å²) in [5.41, 5.74) is 0. The van der Waals surface area contributed by atoms with Crippen molar-refractivity contribution in [1.29, 1.82) is 0 Å². The highest BCUT2D eigenvalue weighted by molar-refractivity contribution is 9.10. The largest absolute Gasteiger partial charge is 0.474 e. The third-order valence-electron chi connectivity index (χ3n) is 1.81. The number of rotatable bonds is 4.